The lowest BCUT2D eigenvalue weighted by molar-refractivity contribution is 0.122. The summed E-state index contributed by atoms with van der Waals surface area (Å²) in [5.74, 6) is 1.58. The van der Waals surface area contributed by atoms with Gasteiger partial charge in [0.05, 0.1) is 18.9 Å². The van der Waals surface area contributed by atoms with Crippen molar-refractivity contribution in [2.24, 2.45) is 5.10 Å². The van der Waals surface area contributed by atoms with Crippen LogP contribution in [-0.4, -0.2) is 42.0 Å². The van der Waals surface area contributed by atoms with E-state index in [4.69, 9.17) is 4.74 Å². The number of hydrogen-bond donors (Lipinski definition) is 1. The summed E-state index contributed by atoms with van der Waals surface area (Å²) in [6.07, 6.45) is 1.56. The zero-order chi connectivity index (χ0) is 16.1. The fraction of sp³-hybridized carbons (Fsp3) is 0.312. The number of hydrogen-bond acceptors (Lipinski definition) is 6. The van der Waals surface area contributed by atoms with Gasteiger partial charge in [0.1, 0.15) is 12.1 Å². The van der Waals surface area contributed by atoms with Gasteiger partial charge in [-0.25, -0.2) is 9.97 Å². The van der Waals surface area contributed by atoms with Gasteiger partial charge in [-0.05, 0) is 47.2 Å². The van der Waals surface area contributed by atoms with Crippen molar-refractivity contribution in [2.45, 2.75) is 6.92 Å². The predicted molar refractivity (Wildman–Crippen MR) is 100 cm³/mol. The standard InChI is InChI=1S/C16H18IN5O/c1-12(13-2-4-14(17)5-3-13)20-21-15-10-16(19-11-18-15)22-6-8-23-9-7-22/h2-5,10-11H,6-9H2,1H3,(H,18,19,21)/b20-12+. The van der Waals surface area contributed by atoms with Crippen LogP contribution in [0.4, 0.5) is 11.6 Å². The maximum Gasteiger partial charge on any atom is 0.151 e. The molecule has 1 N–H and O–H groups in total. The molecule has 0 atom stereocenters. The minimum Gasteiger partial charge on any atom is -0.378 e. The third-order valence-corrected chi connectivity index (χ3v) is 4.31. The molecule has 1 aromatic carbocycles. The predicted octanol–water partition coefficient (Wildman–Crippen LogP) is 2.75. The molecule has 2 heterocycles. The van der Waals surface area contributed by atoms with Crippen molar-refractivity contribution in [3.8, 4) is 0 Å². The molecule has 1 aliphatic rings. The van der Waals surface area contributed by atoms with Crippen LogP contribution in [0.3, 0.4) is 0 Å². The van der Waals surface area contributed by atoms with Crippen LogP contribution in [0.2, 0.25) is 0 Å². The van der Waals surface area contributed by atoms with Gasteiger partial charge >= 0.3 is 0 Å². The number of benzene rings is 1. The molecule has 0 saturated carbocycles. The van der Waals surface area contributed by atoms with Crippen molar-refractivity contribution in [1.29, 1.82) is 0 Å². The molecule has 1 saturated heterocycles. The maximum atomic E-state index is 5.36. The molecule has 0 radical (unpaired) electrons. The first-order valence-electron chi connectivity index (χ1n) is 7.43. The number of ether oxygens (including phenoxy) is 1. The van der Waals surface area contributed by atoms with E-state index in [1.54, 1.807) is 6.33 Å². The van der Waals surface area contributed by atoms with Crippen LogP contribution in [0.25, 0.3) is 0 Å². The highest BCUT2D eigenvalue weighted by Crippen LogP contribution is 2.15. The summed E-state index contributed by atoms with van der Waals surface area (Å²) < 4.78 is 6.57. The van der Waals surface area contributed by atoms with Crippen molar-refractivity contribution in [2.75, 3.05) is 36.6 Å². The fourth-order valence-corrected chi connectivity index (χ4v) is 2.63. The van der Waals surface area contributed by atoms with Crippen LogP contribution in [-0.2, 0) is 4.74 Å². The minimum atomic E-state index is 0.686. The zero-order valence-electron chi connectivity index (χ0n) is 12.9. The molecule has 0 amide bonds. The van der Waals surface area contributed by atoms with Gasteiger partial charge in [-0.15, -0.1) is 0 Å². The second-order valence-corrected chi connectivity index (χ2v) is 6.42. The van der Waals surface area contributed by atoms with Crippen molar-refractivity contribution in [1.82, 2.24) is 9.97 Å². The number of nitrogens with zero attached hydrogens (tertiary/aromatic N) is 4. The van der Waals surface area contributed by atoms with Crippen LogP contribution in [0, 0.1) is 3.57 Å². The van der Waals surface area contributed by atoms with Gasteiger partial charge in [-0.3, -0.25) is 5.43 Å². The molecule has 1 aromatic heterocycles. The van der Waals surface area contributed by atoms with Crippen LogP contribution in [0.1, 0.15) is 12.5 Å². The van der Waals surface area contributed by atoms with Crippen LogP contribution in [0.5, 0.6) is 0 Å². The Morgan fingerprint density at radius 2 is 1.96 bits per heavy atom. The number of hydrazone groups is 1. The Labute approximate surface area is 149 Å². The Balaban J connectivity index is 1.70. The van der Waals surface area contributed by atoms with E-state index in [9.17, 15) is 0 Å². The molecule has 0 aliphatic carbocycles. The summed E-state index contributed by atoms with van der Waals surface area (Å²) >= 11 is 2.29. The smallest absolute Gasteiger partial charge is 0.151 e. The highest BCUT2D eigenvalue weighted by Gasteiger charge is 2.12. The van der Waals surface area contributed by atoms with E-state index in [2.05, 4.69) is 72.3 Å². The number of rotatable bonds is 4. The Morgan fingerprint density at radius 1 is 1.22 bits per heavy atom. The Hall–Kier alpha value is -1.74. The van der Waals surface area contributed by atoms with E-state index in [1.165, 1.54) is 3.57 Å². The van der Waals surface area contributed by atoms with E-state index in [-0.39, 0.29) is 0 Å². The monoisotopic (exact) mass is 423 g/mol. The topological polar surface area (TPSA) is 62.6 Å². The van der Waals surface area contributed by atoms with Crippen LogP contribution in [0.15, 0.2) is 41.8 Å². The molecule has 23 heavy (non-hydrogen) atoms. The van der Waals surface area contributed by atoms with Gasteiger partial charge in [0, 0.05) is 22.7 Å². The third-order valence-electron chi connectivity index (χ3n) is 3.59. The van der Waals surface area contributed by atoms with Gasteiger partial charge in [0.15, 0.2) is 5.82 Å². The van der Waals surface area contributed by atoms with E-state index in [0.717, 1.165) is 43.4 Å². The second-order valence-electron chi connectivity index (χ2n) is 5.18. The van der Waals surface area contributed by atoms with E-state index >= 15 is 0 Å². The summed E-state index contributed by atoms with van der Waals surface area (Å²) in [5.41, 5.74) is 5.01. The Kier molecular flexibility index (Phi) is 5.39. The molecule has 1 fully saturated rings. The summed E-state index contributed by atoms with van der Waals surface area (Å²) in [6.45, 7) is 5.13. The second kappa shape index (κ2) is 7.69. The molecule has 0 spiro atoms. The largest absolute Gasteiger partial charge is 0.378 e. The van der Waals surface area contributed by atoms with Crippen LogP contribution < -0.4 is 10.3 Å². The normalized spacial score (nSPS) is 15.6. The van der Waals surface area contributed by atoms with Crippen molar-refractivity contribution in [3.05, 3.63) is 45.8 Å². The number of aromatic nitrogens is 2. The number of halogens is 1. The molecule has 6 nitrogen and oxygen atoms in total. The van der Waals surface area contributed by atoms with Crippen molar-refractivity contribution in [3.63, 3.8) is 0 Å². The number of nitrogens with one attached hydrogen (secondary N) is 1. The summed E-state index contributed by atoms with van der Waals surface area (Å²) in [4.78, 5) is 10.7. The van der Waals surface area contributed by atoms with E-state index in [1.807, 2.05) is 13.0 Å². The molecule has 2 aromatic rings. The fourth-order valence-electron chi connectivity index (χ4n) is 2.27. The third kappa shape index (κ3) is 4.38. The lowest BCUT2D eigenvalue weighted by Gasteiger charge is -2.27. The number of morpholine rings is 1. The Bertz CT molecular complexity index is 683. The SMILES string of the molecule is C/C(=N\Nc1cc(N2CCOCC2)ncn1)c1ccc(I)cc1. The van der Waals surface area contributed by atoms with Gasteiger partial charge in [0.2, 0.25) is 0 Å². The molecule has 7 heteroatoms. The molecular formula is C16H18IN5O. The summed E-state index contributed by atoms with van der Waals surface area (Å²) in [7, 11) is 0. The highest BCUT2D eigenvalue weighted by atomic mass is 127. The molecule has 1 aliphatic heterocycles. The van der Waals surface area contributed by atoms with Crippen molar-refractivity contribution >= 4 is 39.9 Å². The van der Waals surface area contributed by atoms with E-state index < -0.39 is 0 Å². The molecule has 3 rings (SSSR count). The van der Waals surface area contributed by atoms with Gasteiger partial charge in [-0.2, -0.15) is 5.10 Å². The maximum absolute atomic E-state index is 5.36. The van der Waals surface area contributed by atoms with E-state index in [0.29, 0.717) is 5.82 Å². The Morgan fingerprint density at radius 3 is 2.70 bits per heavy atom. The minimum absolute atomic E-state index is 0.686. The first kappa shape index (κ1) is 16.1. The van der Waals surface area contributed by atoms with Gasteiger partial charge in [0.25, 0.3) is 0 Å². The summed E-state index contributed by atoms with van der Waals surface area (Å²) in [6, 6.07) is 10.2. The number of anilines is 2. The summed E-state index contributed by atoms with van der Waals surface area (Å²) in [5, 5.41) is 4.41. The quantitative estimate of drug-likeness (QED) is 0.466. The van der Waals surface area contributed by atoms with Crippen LogP contribution >= 0.6 is 22.6 Å². The average Bonchev–Trinajstić information content (AvgIpc) is 2.61. The molecular weight excluding hydrogens is 405 g/mol. The van der Waals surface area contributed by atoms with Gasteiger partial charge < -0.3 is 9.64 Å². The molecule has 0 unspecified atom stereocenters. The first-order chi connectivity index (χ1) is 11.2. The van der Waals surface area contributed by atoms with Crippen molar-refractivity contribution < 1.29 is 4.74 Å². The lowest BCUT2D eigenvalue weighted by Crippen LogP contribution is -2.36. The molecule has 120 valence electrons. The molecule has 0 bridgehead atoms. The highest BCUT2D eigenvalue weighted by molar-refractivity contribution is 14.1. The lowest BCUT2D eigenvalue weighted by atomic mass is 10.1. The first-order valence-corrected chi connectivity index (χ1v) is 8.51. The van der Waals surface area contributed by atoms with Gasteiger partial charge in [-0.1, -0.05) is 12.1 Å². The zero-order valence-corrected chi connectivity index (χ0v) is 15.0. The average molecular weight is 423 g/mol.